The van der Waals surface area contributed by atoms with E-state index in [4.69, 9.17) is 0 Å². The summed E-state index contributed by atoms with van der Waals surface area (Å²) in [6.45, 7) is 1.76. The van der Waals surface area contributed by atoms with E-state index in [9.17, 15) is 14.0 Å². The van der Waals surface area contributed by atoms with Crippen LogP contribution in [0.3, 0.4) is 0 Å². The number of hydrogen-bond donors (Lipinski definition) is 1. The number of halogens is 1. The molecule has 0 saturated carbocycles. The first-order valence-electron chi connectivity index (χ1n) is 8.69. The molecule has 6 heteroatoms. The molecule has 5 nitrogen and oxygen atoms in total. The van der Waals surface area contributed by atoms with E-state index in [0.717, 1.165) is 5.56 Å². The summed E-state index contributed by atoms with van der Waals surface area (Å²) < 4.78 is 15.3. The molecular formula is C22H16FN3O2. The Morgan fingerprint density at radius 2 is 1.64 bits per heavy atom. The quantitative estimate of drug-likeness (QED) is 0.588. The average Bonchev–Trinajstić information content (AvgIpc) is 2.71. The van der Waals surface area contributed by atoms with Gasteiger partial charge in [0.1, 0.15) is 5.82 Å². The third-order valence-electron chi connectivity index (χ3n) is 4.39. The summed E-state index contributed by atoms with van der Waals surface area (Å²) >= 11 is 0. The molecule has 0 aliphatic heterocycles. The molecule has 1 heterocycles. The summed E-state index contributed by atoms with van der Waals surface area (Å²) in [5.74, 6) is -1.13. The smallest absolute Gasteiger partial charge is 0.279 e. The number of aryl methyl sites for hydroxylation is 1. The predicted molar refractivity (Wildman–Crippen MR) is 106 cm³/mol. The second kappa shape index (κ2) is 7.08. The van der Waals surface area contributed by atoms with Gasteiger partial charge in [0.15, 0.2) is 5.69 Å². The molecule has 1 N–H and O–H groups in total. The fourth-order valence-electron chi connectivity index (χ4n) is 3.00. The van der Waals surface area contributed by atoms with Crippen LogP contribution in [-0.2, 0) is 0 Å². The van der Waals surface area contributed by atoms with Crippen molar-refractivity contribution in [2.75, 3.05) is 5.32 Å². The average molecular weight is 373 g/mol. The molecular weight excluding hydrogens is 357 g/mol. The van der Waals surface area contributed by atoms with Gasteiger partial charge in [-0.3, -0.25) is 9.59 Å². The summed E-state index contributed by atoms with van der Waals surface area (Å²) in [4.78, 5) is 25.8. The second-order valence-electron chi connectivity index (χ2n) is 6.38. The zero-order chi connectivity index (χ0) is 19.7. The molecule has 28 heavy (non-hydrogen) atoms. The van der Waals surface area contributed by atoms with Gasteiger partial charge in [0, 0.05) is 5.39 Å². The van der Waals surface area contributed by atoms with Crippen LogP contribution in [0.4, 0.5) is 10.1 Å². The lowest BCUT2D eigenvalue weighted by Gasteiger charge is -2.12. The number of rotatable bonds is 3. The summed E-state index contributed by atoms with van der Waals surface area (Å²) in [6, 6.07) is 20.1. The molecule has 0 fully saturated rings. The van der Waals surface area contributed by atoms with E-state index in [1.165, 1.54) is 16.8 Å². The molecule has 1 aromatic heterocycles. The van der Waals surface area contributed by atoms with Crippen molar-refractivity contribution >= 4 is 22.4 Å². The van der Waals surface area contributed by atoms with Crippen molar-refractivity contribution < 1.29 is 9.18 Å². The number of aromatic nitrogens is 2. The highest BCUT2D eigenvalue weighted by molar-refractivity contribution is 6.11. The monoisotopic (exact) mass is 373 g/mol. The first-order valence-corrected chi connectivity index (χ1v) is 8.69. The lowest BCUT2D eigenvalue weighted by atomic mass is 10.1. The van der Waals surface area contributed by atoms with Crippen LogP contribution in [0.1, 0.15) is 16.1 Å². The number of nitrogens with one attached hydrogen (secondary N) is 1. The molecule has 4 rings (SSSR count). The van der Waals surface area contributed by atoms with Crippen molar-refractivity contribution in [3.63, 3.8) is 0 Å². The maximum Gasteiger partial charge on any atom is 0.279 e. The van der Waals surface area contributed by atoms with Gasteiger partial charge >= 0.3 is 0 Å². The van der Waals surface area contributed by atoms with Crippen LogP contribution in [0.5, 0.6) is 0 Å². The third kappa shape index (κ3) is 3.16. The number of nitrogens with zero attached hydrogens (tertiary/aromatic N) is 2. The first kappa shape index (κ1) is 17.6. The minimum Gasteiger partial charge on any atom is -0.318 e. The predicted octanol–water partition coefficient (Wildman–Crippen LogP) is 4.09. The topological polar surface area (TPSA) is 64.0 Å². The first-order chi connectivity index (χ1) is 13.5. The van der Waals surface area contributed by atoms with Crippen molar-refractivity contribution in [1.29, 1.82) is 0 Å². The molecule has 4 aromatic rings. The Morgan fingerprint density at radius 3 is 2.36 bits per heavy atom. The van der Waals surface area contributed by atoms with E-state index in [-0.39, 0.29) is 16.9 Å². The van der Waals surface area contributed by atoms with Crippen molar-refractivity contribution in [3.8, 4) is 5.69 Å². The summed E-state index contributed by atoms with van der Waals surface area (Å²) in [5.41, 5.74) is 1.04. The maximum absolute atomic E-state index is 14.2. The van der Waals surface area contributed by atoms with Crippen LogP contribution in [0, 0.1) is 12.7 Å². The van der Waals surface area contributed by atoms with Gasteiger partial charge in [-0.15, -0.1) is 0 Å². The highest BCUT2D eigenvalue weighted by Gasteiger charge is 2.18. The van der Waals surface area contributed by atoms with Crippen LogP contribution >= 0.6 is 0 Å². The number of amides is 1. The molecule has 0 radical (unpaired) electrons. The van der Waals surface area contributed by atoms with E-state index >= 15 is 0 Å². The van der Waals surface area contributed by atoms with Gasteiger partial charge in [-0.05, 0) is 42.8 Å². The number of carbonyl (C=O) groups is 1. The Labute approximate surface area is 160 Å². The molecule has 0 saturated heterocycles. The lowest BCUT2D eigenvalue weighted by Crippen LogP contribution is -2.26. The van der Waals surface area contributed by atoms with Gasteiger partial charge in [-0.25, -0.2) is 4.39 Å². The Balaban J connectivity index is 1.87. The van der Waals surface area contributed by atoms with Crippen LogP contribution in [-0.4, -0.2) is 15.7 Å². The van der Waals surface area contributed by atoms with Gasteiger partial charge in [0.2, 0.25) is 0 Å². The van der Waals surface area contributed by atoms with Crippen molar-refractivity contribution in [2.24, 2.45) is 0 Å². The van der Waals surface area contributed by atoms with E-state index in [2.05, 4.69) is 10.4 Å². The summed E-state index contributed by atoms with van der Waals surface area (Å²) in [6.07, 6.45) is 0. The van der Waals surface area contributed by atoms with Crippen LogP contribution < -0.4 is 10.9 Å². The Bertz CT molecular complexity index is 1250. The molecule has 0 aliphatic carbocycles. The number of carbonyl (C=O) groups excluding carboxylic acids is 1. The molecule has 0 atom stereocenters. The van der Waals surface area contributed by atoms with Crippen molar-refractivity contribution in [3.05, 3.63) is 100 Å². The van der Waals surface area contributed by atoms with Gasteiger partial charge in [-0.2, -0.15) is 9.78 Å². The molecule has 138 valence electrons. The SMILES string of the molecule is Cc1ccc(NC(=O)c2nn(-c3ccccc3)c(=O)c3ccccc23)c(F)c1. The van der Waals surface area contributed by atoms with E-state index < -0.39 is 11.7 Å². The number of para-hydroxylation sites is 1. The van der Waals surface area contributed by atoms with Crippen molar-refractivity contribution in [1.82, 2.24) is 9.78 Å². The zero-order valence-electron chi connectivity index (χ0n) is 15.0. The molecule has 3 aromatic carbocycles. The minimum atomic E-state index is -0.594. The van der Waals surface area contributed by atoms with E-state index in [0.29, 0.717) is 16.5 Å². The molecule has 0 unspecified atom stereocenters. The third-order valence-corrected chi connectivity index (χ3v) is 4.39. The highest BCUT2D eigenvalue weighted by Crippen LogP contribution is 2.19. The Hall–Kier alpha value is -3.80. The van der Waals surface area contributed by atoms with Crippen LogP contribution in [0.2, 0.25) is 0 Å². The normalized spacial score (nSPS) is 10.8. The van der Waals surface area contributed by atoms with Gasteiger partial charge in [0.25, 0.3) is 11.5 Å². The van der Waals surface area contributed by atoms with Crippen molar-refractivity contribution in [2.45, 2.75) is 6.92 Å². The molecule has 1 amide bonds. The minimum absolute atomic E-state index is 0.0408. The molecule has 0 aliphatic rings. The lowest BCUT2D eigenvalue weighted by molar-refractivity contribution is 0.102. The number of anilines is 1. The zero-order valence-corrected chi connectivity index (χ0v) is 15.0. The summed E-state index contributed by atoms with van der Waals surface area (Å²) in [5, 5.41) is 7.60. The largest absolute Gasteiger partial charge is 0.318 e. The molecule has 0 bridgehead atoms. The number of benzene rings is 3. The second-order valence-corrected chi connectivity index (χ2v) is 6.38. The van der Waals surface area contributed by atoms with Crippen LogP contribution in [0.25, 0.3) is 16.5 Å². The van der Waals surface area contributed by atoms with Gasteiger partial charge < -0.3 is 5.32 Å². The van der Waals surface area contributed by atoms with Gasteiger partial charge in [-0.1, -0.05) is 42.5 Å². The van der Waals surface area contributed by atoms with E-state index in [1.807, 2.05) is 6.07 Å². The fraction of sp³-hybridized carbons (Fsp3) is 0.0455. The fourth-order valence-corrected chi connectivity index (χ4v) is 3.00. The van der Waals surface area contributed by atoms with Gasteiger partial charge in [0.05, 0.1) is 16.8 Å². The van der Waals surface area contributed by atoms with E-state index in [1.54, 1.807) is 61.5 Å². The Kier molecular flexibility index (Phi) is 4.45. The highest BCUT2D eigenvalue weighted by atomic mass is 19.1. The molecule has 0 spiro atoms. The summed E-state index contributed by atoms with van der Waals surface area (Å²) in [7, 11) is 0. The maximum atomic E-state index is 14.2. The number of hydrogen-bond acceptors (Lipinski definition) is 3. The van der Waals surface area contributed by atoms with Crippen LogP contribution in [0.15, 0.2) is 77.6 Å². The Morgan fingerprint density at radius 1 is 0.964 bits per heavy atom. The number of fused-ring (bicyclic) bond motifs is 1. The standard InChI is InChI=1S/C22H16FN3O2/c1-14-11-12-19(18(23)13-14)24-21(27)20-16-9-5-6-10-17(16)22(28)26(25-20)15-7-3-2-4-8-15/h2-13H,1H3,(H,24,27).